The Hall–Kier alpha value is -0.830. The van der Waals surface area contributed by atoms with Crippen LogP contribution in [-0.4, -0.2) is 59.4 Å². The molecule has 7 heteroatoms. The third-order valence-electron chi connectivity index (χ3n) is 5.93. The van der Waals surface area contributed by atoms with Gasteiger partial charge in [0.2, 0.25) is 0 Å². The summed E-state index contributed by atoms with van der Waals surface area (Å²) in [7, 11) is 2.01. The van der Waals surface area contributed by atoms with Gasteiger partial charge in [0, 0.05) is 31.9 Å². The first-order chi connectivity index (χ1) is 13.4. The maximum Gasteiger partial charge on any atom is 0.191 e. The predicted molar refractivity (Wildman–Crippen MR) is 134 cm³/mol. The highest BCUT2D eigenvalue weighted by atomic mass is 127. The molecule has 2 rings (SSSR count). The molecule has 6 nitrogen and oxygen atoms in total. The predicted octanol–water partition coefficient (Wildman–Crippen LogP) is 3.65. The zero-order valence-corrected chi connectivity index (χ0v) is 21.8. The van der Waals surface area contributed by atoms with Gasteiger partial charge in [-0.2, -0.15) is 5.10 Å². The summed E-state index contributed by atoms with van der Waals surface area (Å²) in [4.78, 5) is 7.41. The first-order valence-corrected chi connectivity index (χ1v) is 11.2. The van der Waals surface area contributed by atoms with Gasteiger partial charge < -0.3 is 15.5 Å². The van der Waals surface area contributed by atoms with E-state index in [0.29, 0.717) is 6.04 Å². The fraction of sp³-hybridized carbons (Fsp3) is 0.818. The first kappa shape index (κ1) is 26.2. The number of hydrogen-bond donors (Lipinski definition) is 2. The van der Waals surface area contributed by atoms with E-state index >= 15 is 0 Å². The van der Waals surface area contributed by atoms with Crippen molar-refractivity contribution in [3.63, 3.8) is 0 Å². The van der Waals surface area contributed by atoms with Gasteiger partial charge in [-0.1, -0.05) is 6.92 Å². The molecule has 0 bridgehead atoms. The number of piperidine rings is 1. The number of halogens is 1. The third kappa shape index (κ3) is 8.82. The molecule has 0 saturated carbocycles. The minimum absolute atomic E-state index is 0. The normalized spacial score (nSPS) is 17.1. The minimum Gasteiger partial charge on any atom is -0.357 e. The lowest BCUT2D eigenvalue weighted by Crippen LogP contribution is -2.43. The average molecular weight is 519 g/mol. The van der Waals surface area contributed by atoms with Gasteiger partial charge in [0.15, 0.2) is 5.96 Å². The average Bonchev–Trinajstić information content (AvgIpc) is 2.89. The molecular weight excluding hydrogens is 475 g/mol. The van der Waals surface area contributed by atoms with Crippen molar-refractivity contribution >= 4 is 29.9 Å². The van der Waals surface area contributed by atoms with Crippen LogP contribution in [-0.2, 0) is 13.5 Å². The number of aromatic nitrogens is 2. The van der Waals surface area contributed by atoms with Gasteiger partial charge in [0.05, 0.1) is 5.69 Å². The van der Waals surface area contributed by atoms with Gasteiger partial charge in [0.25, 0.3) is 0 Å². The number of nitrogens with one attached hydrogen (secondary N) is 2. The maximum atomic E-state index is 4.79. The fourth-order valence-corrected chi connectivity index (χ4v) is 3.95. The van der Waals surface area contributed by atoms with E-state index in [2.05, 4.69) is 55.3 Å². The number of rotatable bonds is 9. The van der Waals surface area contributed by atoms with Crippen LogP contribution in [0.15, 0.2) is 4.99 Å². The fourth-order valence-electron chi connectivity index (χ4n) is 3.95. The van der Waals surface area contributed by atoms with E-state index in [1.807, 2.05) is 11.7 Å². The number of unbranched alkanes of at least 4 members (excludes halogenated alkanes) is 1. The second kappa shape index (κ2) is 13.5. The van der Waals surface area contributed by atoms with Crippen LogP contribution in [0.25, 0.3) is 0 Å². The van der Waals surface area contributed by atoms with Gasteiger partial charge in [-0.25, -0.2) is 0 Å². The summed E-state index contributed by atoms with van der Waals surface area (Å²) in [6.45, 7) is 16.5. The van der Waals surface area contributed by atoms with Crippen LogP contribution >= 0.6 is 24.0 Å². The van der Waals surface area contributed by atoms with Crippen LogP contribution < -0.4 is 10.6 Å². The van der Waals surface area contributed by atoms with E-state index in [-0.39, 0.29) is 24.0 Å². The number of guanidine groups is 1. The summed E-state index contributed by atoms with van der Waals surface area (Å²) in [5.41, 5.74) is 3.72. The molecular formula is C22H43IN6. The highest BCUT2D eigenvalue weighted by Crippen LogP contribution is 2.16. The SMILES string of the molecule is CCNC(=NCCCCN1CCC(C)CC1)NC(C)Cc1c(C)nn(C)c1C.I. The highest BCUT2D eigenvalue weighted by Gasteiger charge is 2.15. The van der Waals surface area contributed by atoms with Crippen LogP contribution in [0.1, 0.15) is 63.4 Å². The second-order valence-electron chi connectivity index (χ2n) is 8.51. The van der Waals surface area contributed by atoms with Gasteiger partial charge in [-0.15, -0.1) is 24.0 Å². The number of nitrogens with zero attached hydrogens (tertiary/aromatic N) is 4. The van der Waals surface area contributed by atoms with Gasteiger partial charge in [0.1, 0.15) is 0 Å². The number of aryl methyl sites for hydroxylation is 2. The van der Waals surface area contributed by atoms with Gasteiger partial charge >= 0.3 is 0 Å². The Bertz CT molecular complexity index is 619. The smallest absolute Gasteiger partial charge is 0.191 e. The summed E-state index contributed by atoms with van der Waals surface area (Å²) in [6.07, 6.45) is 6.07. The van der Waals surface area contributed by atoms with Crippen LogP contribution in [0.4, 0.5) is 0 Å². The maximum absolute atomic E-state index is 4.79. The molecule has 1 aromatic rings. The van der Waals surface area contributed by atoms with Crippen molar-refractivity contribution in [2.24, 2.45) is 18.0 Å². The Balaban J connectivity index is 0.00000420. The number of aliphatic imine (C=N–C) groups is 1. The van der Waals surface area contributed by atoms with Crippen LogP contribution in [0, 0.1) is 19.8 Å². The van der Waals surface area contributed by atoms with Crippen molar-refractivity contribution in [1.29, 1.82) is 0 Å². The van der Waals surface area contributed by atoms with Crippen molar-refractivity contribution < 1.29 is 0 Å². The van der Waals surface area contributed by atoms with Crippen LogP contribution in [0.3, 0.4) is 0 Å². The first-order valence-electron chi connectivity index (χ1n) is 11.2. The summed E-state index contributed by atoms with van der Waals surface area (Å²) in [5, 5.41) is 11.5. The van der Waals surface area contributed by atoms with Crippen molar-refractivity contribution in [1.82, 2.24) is 25.3 Å². The van der Waals surface area contributed by atoms with E-state index in [4.69, 9.17) is 4.99 Å². The molecule has 0 amide bonds. The highest BCUT2D eigenvalue weighted by molar-refractivity contribution is 14.0. The molecule has 1 aliphatic heterocycles. The van der Waals surface area contributed by atoms with E-state index in [0.717, 1.165) is 43.5 Å². The van der Waals surface area contributed by atoms with Crippen molar-refractivity contribution in [3.05, 3.63) is 17.0 Å². The molecule has 29 heavy (non-hydrogen) atoms. The van der Waals surface area contributed by atoms with E-state index in [1.165, 1.54) is 50.2 Å². The van der Waals surface area contributed by atoms with E-state index < -0.39 is 0 Å². The Morgan fingerprint density at radius 2 is 1.93 bits per heavy atom. The third-order valence-corrected chi connectivity index (χ3v) is 5.93. The molecule has 1 saturated heterocycles. The molecule has 1 atom stereocenters. The quantitative estimate of drug-likeness (QED) is 0.227. The van der Waals surface area contributed by atoms with Crippen molar-refractivity contribution in [2.75, 3.05) is 32.7 Å². The molecule has 1 unspecified atom stereocenters. The summed E-state index contributed by atoms with van der Waals surface area (Å²) in [6, 6.07) is 0.315. The number of hydrogen-bond acceptors (Lipinski definition) is 3. The second-order valence-corrected chi connectivity index (χ2v) is 8.51. The van der Waals surface area contributed by atoms with Gasteiger partial charge in [-0.3, -0.25) is 9.67 Å². The largest absolute Gasteiger partial charge is 0.357 e. The summed E-state index contributed by atoms with van der Waals surface area (Å²) >= 11 is 0. The Labute approximate surface area is 195 Å². The standard InChI is InChI=1S/C22H42N6.HI/c1-7-23-22(24-12-8-9-13-28-14-10-17(2)11-15-28)25-18(3)16-21-19(4)26-27(6)20(21)5;/h17-18H,7-16H2,1-6H3,(H2,23,24,25);1H. The molecule has 2 N–H and O–H groups in total. The lowest BCUT2D eigenvalue weighted by Gasteiger charge is -2.30. The lowest BCUT2D eigenvalue weighted by atomic mass is 9.99. The molecule has 1 aromatic heterocycles. The molecule has 0 aromatic carbocycles. The molecule has 0 aliphatic carbocycles. The number of likely N-dealkylation sites (tertiary alicyclic amines) is 1. The molecule has 168 valence electrons. The minimum atomic E-state index is 0. The molecule has 0 spiro atoms. The molecule has 1 fully saturated rings. The van der Waals surface area contributed by atoms with Crippen LogP contribution in [0.5, 0.6) is 0 Å². The summed E-state index contributed by atoms with van der Waals surface area (Å²) in [5.74, 6) is 1.84. The van der Waals surface area contributed by atoms with Crippen molar-refractivity contribution in [2.45, 2.75) is 72.8 Å². The zero-order valence-electron chi connectivity index (χ0n) is 19.4. The van der Waals surface area contributed by atoms with Gasteiger partial charge in [-0.05, 0) is 90.9 Å². The Kier molecular flexibility index (Phi) is 12.2. The zero-order chi connectivity index (χ0) is 20.5. The molecule has 1 aliphatic rings. The Morgan fingerprint density at radius 1 is 1.24 bits per heavy atom. The summed E-state index contributed by atoms with van der Waals surface area (Å²) < 4.78 is 1.97. The molecule has 2 heterocycles. The topological polar surface area (TPSA) is 57.5 Å². The van der Waals surface area contributed by atoms with Crippen molar-refractivity contribution in [3.8, 4) is 0 Å². The monoisotopic (exact) mass is 518 g/mol. The van der Waals surface area contributed by atoms with E-state index in [1.54, 1.807) is 0 Å². The van der Waals surface area contributed by atoms with Crippen LogP contribution in [0.2, 0.25) is 0 Å². The van der Waals surface area contributed by atoms with E-state index in [9.17, 15) is 0 Å². The lowest BCUT2D eigenvalue weighted by molar-refractivity contribution is 0.190. The molecule has 0 radical (unpaired) electrons. The Morgan fingerprint density at radius 3 is 2.52 bits per heavy atom.